The van der Waals surface area contributed by atoms with Crippen LogP contribution in [0.4, 0.5) is 13.2 Å². The van der Waals surface area contributed by atoms with Gasteiger partial charge in [0.25, 0.3) is 0 Å². The maximum absolute atomic E-state index is 12.1. The van der Waals surface area contributed by atoms with Crippen LogP contribution in [0.15, 0.2) is 24.5 Å². The van der Waals surface area contributed by atoms with Gasteiger partial charge in [0.15, 0.2) is 0 Å². The predicted molar refractivity (Wildman–Crippen MR) is 55.6 cm³/mol. The van der Waals surface area contributed by atoms with E-state index < -0.39 is 6.36 Å². The third-order valence-corrected chi connectivity index (χ3v) is 2.26. The van der Waals surface area contributed by atoms with Crippen LogP contribution in [-0.2, 0) is 6.42 Å². The Morgan fingerprint density at radius 2 is 2.00 bits per heavy atom. The molecule has 1 aromatic heterocycles. The molecule has 0 unspecified atom stereocenters. The molecule has 0 atom stereocenters. The Labute approximate surface area is 95.3 Å². The molecule has 1 aromatic carbocycles. The maximum atomic E-state index is 12.1. The van der Waals surface area contributed by atoms with Crippen molar-refractivity contribution in [1.29, 1.82) is 0 Å². The number of hydrogen-bond acceptors (Lipinski definition) is 3. The minimum atomic E-state index is -4.68. The average Bonchev–Trinajstić information content (AvgIpc) is 2.26. The molecule has 0 saturated heterocycles. The summed E-state index contributed by atoms with van der Waals surface area (Å²) in [6, 6.07) is 4.03. The number of alkyl halides is 3. The van der Waals surface area contributed by atoms with Crippen molar-refractivity contribution in [2.45, 2.75) is 19.7 Å². The number of ether oxygens (including phenoxy) is 1. The Kier molecular flexibility index (Phi) is 2.87. The molecule has 2 rings (SSSR count). The van der Waals surface area contributed by atoms with Gasteiger partial charge in [-0.2, -0.15) is 0 Å². The molecular formula is C11H9F3N2O. The number of nitrogens with zero attached hydrogens (tertiary/aromatic N) is 2. The molecule has 0 aliphatic rings. The summed E-state index contributed by atoms with van der Waals surface area (Å²) in [5.41, 5.74) is 1.30. The molecule has 0 N–H and O–H groups in total. The lowest BCUT2D eigenvalue weighted by Crippen LogP contribution is -2.17. The van der Waals surface area contributed by atoms with Crippen molar-refractivity contribution >= 4 is 10.9 Å². The summed E-state index contributed by atoms with van der Waals surface area (Å²) >= 11 is 0. The number of hydrogen-bond donors (Lipinski definition) is 0. The molecule has 0 aliphatic heterocycles. The van der Waals surface area contributed by atoms with E-state index in [4.69, 9.17) is 0 Å². The van der Waals surface area contributed by atoms with Crippen molar-refractivity contribution in [3.63, 3.8) is 0 Å². The van der Waals surface area contributed by atoms with E-state index in [9.17, 15) is 13.2 Å². The number of rotatable bonds is 2. The Morgan fingerprint density at radius 3 is 2.65 bits per heavy atom. The summed E-state index contributed by atoms with van der Waals surface area (Å²) in [5, 5.41) is 0.580. The Morgan fingerprint density at radius 1 is 1.24 bits per heavy atom. The van der Waals surface area contributed by atoms with Crippen LogP contribution in [-0.4, -0.2) is 16.3 Å². The van der Waals surface area contributed by atoms with Crippen molar-refractivity contribution in [3.05, 3.63) is 30.2 Å². The second-order valence-electron chi connectivity index (χ2n) is 3.40. The highest BCUT2D eigenvalue weighted by Gasteiger charge is 2.31. The molecule has 0 amide bonds. The molecule has 6 heteroatoms. The highest BCUT2D eigenvalue weighted by Crippen LogP contribution is 2.26. The second-order valence-corrected chi connectivity index (χ2v) is 3.40. The molecule has 2 aromatic rings. The quantitative estimate of drug-likeness (QED) is 0.811. The van der Waals surface area contributed by atoms with E-state index in [-0.39, 0.29) is 5.75 Å². The third kappa shape index (κ3) is 2.64. The molecule has 90 valence electrons. The zero-order valence-corrected chi connectivity index (χ0v) is 8.95. The van der Waals surface area contributed by atoms with Crippen LogP contribution < -0.4 is 4.74 Å². The molecule has 0 fully saturated rings. The Bertz CT molecular complexity index is 540. The van der Waals surface area contributed by atoms with Gasteiger partial charge in [0.1, 0.15) is 12.1 Å². The molecule has 3 nitrogen and oxygen atoms in total. The first kappa shape index (κ1) is 11.6. The molecular weight excluding hydrogens is 233 g/mol. The van der Waals surface area contributed by atoms with E-state index in [0.29, 0.717) is 23.0 Å². The van der Waals surface area contributed by atoms with Crippen molar-refractivity contribution < 1.29 is 17.9 Å². The van der Waals surface area contributed by atoms with Gasteiger partial charge in [-0.3, -0.25) is 0 Å². The van der Waals surface area contributed by atoms with Gasteiger partial charge in [-0.05, 0) is 24.6 Å². The number of halogens is 3. The standard InChI is InChI=1S/C11H9F3N2O/c1-2-9-8-5-7(17-11(12,13)14)3-4-10(8)16-6-15-9/h3-6H,2H2,1H3. The van der Waals surface area contributed by atoms with E-state index >= 15 is 0 Å². The van der Waals surface area contributed by atoms with Gasteiger partial charge in [-0.25, -0.2) is 9.97 Å². The zero-order chi connectivity index (χ0) is 12.5. The summed E-state index contributed by atoms with van der Waals surface area (Å²) in [6.45, 7) is 1.87. The van der Waals surface area contributed by atoms with Crippen LogP contribution in [0.25, 0.3) is 10.9 Å². The highest BCUT2D eigenvalue weighted by molar-refractivity contribution is 5.82. The molecule has 0 radical (unpaired) electrons. The Hall–Kier alpha value is -1.85. The van der Waals surface area contributed by atoms with Crippen LogP contribution in [0.3, 0.4) is 0 Å². The van der Waals surface area contributed by atoms with E-state index in [2.05, 4.69) is 14.7 Å². The Balaban J connectivity index is 2.48. The fourth-order valence-electron chi connectivity index (χ4n) is 1.57. The first-order valence-corrected chi connectivity index (χ1v) is 4.99. The van der Waals surface area contributed by atoms with Gasteiger partial charge >= 0.3 is 6.36 Å². The van der Waals surface area contributed by atoms with Crippen LogP contribution in [0, 0.1) is 0 Å². The SMILES string of the molecule is CCc1ncnc2ccc(OC(F)(F)F)cc12. The van der Waals surface area contributed by atoms with Crippen molar-refractivity contribution in [2.75, 3.05) is 0 Å². The topological polar surface area (TPSA) is 35.0 Å². The van der Waals surface area contributed by atoms with Gasteiger partial charge in [-0.15, -0.1) is 13.2 Å². The fraction of sp³-hybridized carbons (Fsp3) is 0.273. The summed E-state index contributed by atoms with van der Waals surface area (Å²) in [6.07, 6.45) is -2.67. The van der Waals surface area contributed by atoms with Gasteiger partial charge < -0.3 is 4.74 Å². The van der Waals surface area contributed by atoms with E-state index in [0.717, 1.165) is 0 Å². The van der Waals surface area contributed by atoms with E-state index in [1.807, 2.05) is 6.92 Å². The highest BCUT2D eigenvalue weighted by atomic mass is 19.4. The first-order valence-electron chi connectivity index (χ1n) is 4.99. The normalized spacial score (nSPS) is 11.8. The second kappa shape index (κ2) is 4.20. The van der Waals surface area contributed by atoms with Crippen LogP contribution in [0.1, 0.15) is 12.6 Å². The number of aryl methyl sites for hydroxylation is 1. The largest absolute Gasteiger partial charge is 0.573 e. The molecule has 0 saturated carbocycles. The number of benzene rings is 1. The first-order chi connectivity index (χ1) is 7.99. The minimum Gasteiger partial charge on any atom is -0.406 e. The minimum absolute atomic E-state index is 0.255. The maximum Gasteiger partial charge on any atom is 0.573 e. The van der Waals surface area contributed by atoms with Crippen molar-refractivity contribution in [1.82, 2.24) is 9.97 Å². The summed E-state index contributed by atoms with van der Waals surface area (Å²) < 4.78 is 40.1. The zero-order valence-electron chi connectivity index (χ0n) is 8.95. The van der Waals surface area contributed by atoms with Gasteiger partial charge in [0.2, 0.25) is 0 Å². The monoisotopic (exact) mass is 242 g/mol. The predicted octanol–water partition coefficient (Wildman–Crippen LogP) is 3.09. The lowest BCUT2D eigenvalue weighted by molar-refractivity contribution is -0.274. The summed E-state index contributed by atoms with van der Waals surface area (Å²) in [5.74, 6) is -0.255. The smallest absolute Gasteiger partial charge is 0.406 e. The van der Waals surface area contributed by atoms with Gasteiger partial charge in [-0.1, -0.05) is 6.92 Å². The molecule has 0 spiro atoms. The van der Waals surface area contributed by atoms with Crippen LogP contribution in [0.5, 0.6) is 5.75 Å². The molecule has 0 aliphatic carbocycles. The lowest BCUT2D eigenvalue weighted by atomic mass is 10.1. The molecule has 1 heterocycles. The van der Waals surface area contributed by atoms with Crippen molar-refractivity contribution in [2.24, 2.45) is 0 Å². The van der Waals surface area contributed by atoms with Crippen molar-refractivity contribution in [3.8, 4) is 5.75 Å². The fourth-order valence-corrected chi connectivity index (χ4v) is 1.57. The lowest BCUT2D eigenvalue weighted by Gasteiger charge is -2.10. The van der Waals surface area contributed by atoms with Gasteiger partial charge in [0, 0.05) is 5.39 Å². The van der Waals surface area contributed by atoms with Gasteiger partial charge in [0.05, 0.1) is 11.2 Å². The van der Waals surface area contributed by atoms with E-state index in [1.165, 1.54) is 24.5 Å². The average molecular weight is 242 g/mol. The third-order valence-electron chi connectivity index (χ3n) is 2.26. The van der Waals surface area contributed by atoms with Crippen LogP contribution in [0.2, 0.25) is 0 Å². The van der Waals surface area contributed by atoms with E-state index in [1.54, 1.807) is 0 Å². The molecule has 17 heavy (non-hydrogen) atoms. The summed E-state index contributed by atoms with van der Waals surface area (Å²) in [4.78, 5) is 7.99. The molecule has 0 bridgehead atoms. The number of fused-ring (bicyclic) bond motifs is 1. The van der Waals surface area contributed by atoms with Crippen LogP contribution >= 0.6 is 0 Å². The number of aromatic nitrogens is 2. The summed E-state index contributed by atoms with van der Waals surface area (Å²) in [7, 11) is 0.